The van der Waals surface area contributed by atoms with Crippen LogP contribution in [0.3, 0.4) is 0 Å². The number of aliphatic hydroxyl groups excluding tert-OH is 1. The lowest BCUT2D eigenvalue weighted by Gasteiger charge is -2.21. The second kappa shape index (κ2) is 7.44. The minimum absolute atomic E-state index is 0.120. The number of aromatic carboxylic acids is 1. The van der Waals surface area contributed by atoms with Crippen molar-refractivity contribution in [2.75, 3.05) is 25.0 Å². The second-order valence-electron chi connectivity index (χ2n) is 4.14. The molecule has 0 radical (unpaired) electrons. The number of carboxylic acid groups (broad SMARTS) is 1. The van der Waals surface area contributed by atoms with Gasteiger partial charge in [0, 0.05) is 13.1 Å². The molecule has 0 saturated carbocycles. The van der Waals surface area contributed by atoms with Crippen molar-refractivity contribution < 1.29 is 24.2 Å². The molecule has 3 N–H and O–H groups in total. The second-order valence-corrected chi connectivity index (χ2v) is 4.14. The summed E-state index contributed by atoms with van der Waals surface area (Å²) in [6.07, 6.45) is 0.686. The molecule has 0 aliphatic heterocycles. The van der Waals surface area contributed by atoms with Crippen LogP contribution in [0.5, 0.6) is 0 Å². The summed E-state index contributed by atoms with van der Waals surface area (Å²) in [4.78, 5) is 24.1. The molecule has 0 atom stereocenters. The molecule has 0 aromatic heterocycles. The largest absolute Gasteiger partial charge is 0.478 e. The van der Waals surface area contributed by atoms with E-state index in [-0.39, 0.29) is 24.4 Å². The predicted octanol–water partition coefficient (Wildman–Crippen LogP) is 1.76. The van der Waals surface area contributed by atoms with Crippen molar-refractivity contribution in [3.05, 3.63) is 29.6 Å². The lowest BCUT2D eigenvalue weighted by molar-refractivity contribution is 0.0697. The summed E-state index contributed by atoms with van der Waals surface area (Å²) in [5, 5.41) is 20.0. The standard InChI is InChI=1S/C13H17FN2O4/c1-2-5-16(6-7-17)13(20)15-11-8-9(12(18)19)3-4-10(11)14/h3-4,8,17H,2,5-7H2,1H3,(H,15,20)(H,18,19). The fourth-order valence-corrected chi connectivity index (χ4v) is 1.65. The van der Waals surface area contributed by atoms with E-state index in [1.54, 1.807) is 0 Å². The number of hydrogen-bond donors (Lipinski definition) is 3. The summed E-state index contributed by atoms with van der Waals surface area (Å²) in [6, 6.07) is 2.57. The van der Waals surface area contributed by atoms with Crippen LogP contribution >= 0.6 is 0 Å². The van der Waals surface area contributed by atoms with Gasteiger partial charge in [-0.25, -0.2) is 14.0 Å². The molecule has 1 aromatic carbocycles. The smallest absolute Gasteiger partial charge is 0.335 e. The maximum Gasteiger partial charge on any atom is 0.335 e. The molecule has 7 heteroatoms. The van der Waals surface area contributed by atoms with Crippen molar-refractivity contribution in [1.82, 2.24) is 4.90 Å². The zero-order chi connectivity index (χ0) is 15.1. The molecule has 0 saturated heterocycles. The monoisotopic (exact) mass is 284 g/mol. The number of halogens is 1. The highest BCUT2D eigenvalue weighted by atomic mass is 19.1. The topological polar surface area (TPSA) is 89.9 Å². The number of carbonyl (C=O) groups is 2. The lowest BCUT2D eigenvalue weighted by Crippen LogP contribution is -2.37. The Morgan fingerprint density at radius 2 is 2.05 bits per heavy atom. The van der Waals surface area contributed by atoms with E-state index in [9.17, 15) is 14.0 Å². The molecule has 0 bridgehead atoms. The summed E-state index contributed by atoms with van der Waals surface area (Å²) in [5.41, 5.74) is -0.320. The summed E-state index contributed by atoms with van der Waals surface area (Å²) >= 11 is 0. The number of rotatable bonds is 6. The van der Waals surface area contributed by atoms with Crippen molar-refractivity contribution >= 4 is 17.7 Å². The number of urea groups is 1. The van der Waals surface area contributed by atoms with Crippen LogP contribution < -0.4 is 5.32 Å². The molecule has 2 amide bonds. The average molecular weight is 284 g/mol. The molecule has 0 fully saturated rings. The van der Waals surface area contributed by atoms with Crippen molar-refractivity contribution in [2.24, 2.45) is 0 Å². The third-order valence-electron chi connectivity index (χ3n) is 2.61. The number of hydrogen-bond acceptors (Lipinski definition) is 3. The van der Waals surface area contributed by atoms with E-state index in [1.807, 2.05) is 6.92 Å². The molecule has 1 aromatic rings. The highest BCUT2D eigenvalue weighted by Crippen LogP contribution is 2.17. The normalized spacial score (nSPS) is 10.2. The molecule has 0 unspecified atom stereocenters. The van der Waals surface area contributed by atoms with E-state index in [2.05, 4.69) is 5.32 Å². The summed E-state index contributed by atoms with van der Waals surface area (Å²) in [7, 11) is 0. The van der Waals surface area contributed by atoms with Crippen molar-refractivity contribution in [3.63, 3.8) is 0 Å². The SMILES string of the molecule is CCCN(CCO)C(=O)Nc1cc(C(=O)O)ccc1F. The first-order chi connectivity index (χ1) is 9.49. The van der Waals surface area contributed by atoms with Gasteiger partial charge in [0.1, 0.15) is 5.82 Å². The lowest BCUT2D eigenvalue weighted by atomic mass is 10.2. The van der Waals surface area contributed by atoms with Crippen LogP contribution in [0.4, 0.5) is 14.9 Å². The van der Waals surface area contributed by atoms with Crippen LogP contribution in [0.15, 0.2) is 18.2 Å². The van der Waals surface area contributed by atoms with Gasteiger partial charge in [0.15, 0.2) is 0 Å². The van der Waals surface area contributed by atoms with Gasteiger partial charge in [0.2, 0.25) is 0 Å². The van der Waals surface area contributed by atoms with Gasteiger partial charge in [-0.2, -0.15) is 0 Å². The minimum Gasteiger partial charge on any atom is -0.478 e. The van der Waals surface area contributed by atoms with Crippen LogP contribution in [0.1, 0.15) is 23.7 Å². The van der Waals surface area contributed by atoms with E-state index in [4.69, 9.17) is 10.2 Å². The number of nitrogens with zero attached hydrogens (tertiary/aromatic N) is 1. The zero-order valence-corrected chi connectivity index (χ0v) is 11.1. The molecule has 1 rings (SSSR count). The Morgan fingerprint density at radius 3 is 2.60 bits per heavy atom. The average Bonchev–Trinajstić information content (AvgIpc) is 2.40. The molecule has 0 aliphatic carbocycles. The van der Waals surface area contributed by atoms with Crippen LogP contribution in [-0.4, -0.2) is 46.8 Å². The number of carbonyl (C=O) groups excluding carboxylic acids is 1. The van der Waals surface area contributed by atoms with Crippen LogP contribution in [-0.2, 0) is 0 Å². The molecule has 0 heterocycles. The Balaban J connectivity index is 2.87. The van der Waals surface area contributed by atoms with Gasteiger partial charge < -0.3 is 20.4 Å². The van der Waals surface area contributed by atoms with E-state index in [1.165, 1.54) is 4.90 Å². The van der Waals surface area contributed by atoms with E-state index >= 15 is 0 Å². The summed E-state index contributed by atoms with van der Waals surface area (Å²) in [6.45, 7) is 2.20. The van der Waals surface area contributed by atoms with Crippen LogP contribution in [0.2, 0.25) is 0 Å². The Bertz CT molecular complexity index is 487. The first kappa shape index (κ1) is 15.9. The van der Waals surface area contributed by atoms with Crippen molar-refractivity contribution in [3.8, 4) is 0 Å². The van der Waals surface area contributed by atoms with Gasteiger partial charge in [0.25, 0.3) is 0 Å². The Hall–Kier alpha value is -2.15. The number of nitrogens with one attached hydrogen (secondary N) is 1. The number of aliphatic hydroxyl groups is 1. The predicted molar refractivity (Wildman–Crippen MR) is 71.3 cm³/mol. The number of amides is 2. The highest BCUT2D eigenvalue weighted by molar-refractivity contribution is 5.93. The van der Waals surface area contributed by atoms with Crippen LogP contribution in [0.25, 0.3) is 0 Å². The Morgan fingerprint density at radius 1 is 1.35 bits per heavy atom. The molecule has 0 aliphatic rings. The number of carboxylic acids is 1. The molecule has 6 nitrogen and oxygen atoms in total. The van der Waals surface area contributed by atoms with Crippen LogP contribution in [0, 0.1) is 5.82 Å². The summed E-state index contributed by atoms with van der Waals surface area (Å²) in [5.74, 6) is -1.93. The number of benzene rings is 1. The Labute approximate surface area is 115 Å². The van der Waals surface area contributed by atoms with E-state index in [0.29, 0.717) is 13.0 Å². The van der Waals surface area contributed by atoms with Gasteiger partial charge in [-0.05, 0) is 24.6 Å². The van der Waals surface area contributed by atoms with Crippen molar-refractivity contribution in [2.45, 2.75) is 13.3 Å². The van der Waals surface area contributed by atoms with Gasteiger partial charge in [-0.15, -0.1) is 0 Å². The fourth-order valence-electron chi connectivity index (χ4n) is 1.65. The zero-order valence-electron chi connectivity index (χ0n) is 11.1. The van der Waals surface area contributed by atoms with Gasteiger partial charge in [-0.1, -0.05) is 6.92 Å². The Kier molecular flexibility index (Phi) is 5.92. The number of anilines is 1. The van der Waals surface area contributed by atoms with E-state index < -0.39 is 17.8 Å². The van der Waals surface area contributed by atoms with Gasteiger partial charge in [0.05, 0.1) is 17.9 Å². The molecular formula is C13H17FN2O4. The first-order valence-electron chi connectivity index (χ1n) is 6.19. The van der Waals surface area contributed by atoms with E-state index in [0.717, 1.165) is 18.2 Å². The highest BCUT2D eigenvalue weighted by Gasteiger charge is 2.15. The third kappa shape index (κ3) is 4.20. The first-order valence-corrected chi connectivity index (χ1v) is 6.19. The third-order valence-corrected chi connectivity index (χ3v) is 2.61. The maximum absolute atomic E-state index is 13.6. The molecular weight excluding hydrogens is 267 g/mol. The van der Waals surface area contributed by atoms with Gasteiger partial charge in [-0.3, -0.25) is 0 Å². The fraction of sp³-hybridized carbons (Fsp3) is 0.385. The quantitative estimate of drug-likeness (QED) is 0.742. The van der Waals surface area contributed by atoms with Gasteiger partial charge >= 0.3 is 12.0 Å². The minimum atomic E-state index is -1.21. The van der Waals surface area contributed by atoms with Crippen molar-refractivity contribution in [1.29, 1.82) is 0 Å². The molecule has 0 spiro atoms. The molecule has 110 valence electrons. The molecule has 20 heavy (non-hydrogen) atoms. The maximum atomic E-state index is 13.6. The summed E-state index contributed by atoms with van der Waals surface area (Å²) < 4.78 is 13.6.